The van der Waals surface area contributed by atoms with Crippen molar-refractivity contribution >= 4 is 23.0 Å². The first-order valence-corrected chi connectivity index (χ1v) is 11.3. The Bertz CT molecular complexity index is 973. The van der Waals surface area contributed by atoms with Gasteiger partial charge in [0, 0.05) is 19.6 Å². The number of nitrogens with zero attached hydrogens (tertiary/aromatic N) is 3. The molecule has 33 heavy (non-hydrogen) atoms. The number of piperidine rings is 1. The zero-order valence-electron chi connectivity index (χ0n) is 19.6. The molecule has 0 aliphatic carbocycles. The van der Waals surface area contributed by atoms with Crippen LogP contribution >= 0.6 is 0 Å². The fourth-order valence-corrected chi connectivity index (χ4v) is 4.11. The maximum atomic E-state index is 13.8. The number of alkyl halides is 2. The van der Waals surface area contributed by atoms with E-state index in [9.17, 15) is 18.4 Å². The van der Waals surface area contributed by atoms with E-state index in [2.05, 4.69) is 15.6 Å². The highest BCUT2D eigenvalue weighted by molar-refractivity contribution is 5.79. The quantitative estimate of drug-likeness (QED) is 0.607. The van der Waals surface area contributed by atoms with E-state index in [0.29, 0.717) is 29.9 Å². The summed E-state index contributed by atoms with van der Waals surface area (Å²) in [4.78, 5) is 30.9. The third-order valence-corrected chi connectivity index (χ3v) is 5.66. The first-order chi connectivity index (χ1) is 15.6. The molecule has 8 nitrogen and oxygen atoms in total. The molecule has 1 aromatic heterocycles. The maximum Gasteiger partial charge on any atom is 0.407 e. The smallest absolute Gasteiger partial charge is 0.407 e. The van der Waals surface area contributed by atoms with Gasteiger partial charge in [-0.3, -0.25) is 14.3 Å². The Labute approximate surface area is 192 Å². The third-order valence-electron chi connectivity index (χ3n) is 5.66. The molecule has 1 fully saturated rings. The first kappa shape index (κ1) is 24.9. The van der Waals surface area contributed by atoms with Crippen molar-refractivity contribution in [3.8, 4) is 0 Å². The second kappa shape index (κ2) is 10.5. The summed E-state index contributed by atoms with van der Waals surface area (Å²) in [5.74, 6) is -0.0684. The summed E-state index contributed by atoms with van der Waals surface area (Å²) >= 11 is 0. The van der Waals surface area contributed by atoms with Crippen molar-refractivity contribution in [2.24, 2.45) is 5.92 Å². The Morgan fingerprint density at radius 1 is 1.21 bits per heavy atom. The number of ether oxygens (including phenoxy) is 1. The predicted octanol–water partition coefficient (Wildman–Crippen LogP) is 3.85. The van der Waals surface area contributed by atoms with Crippen LogP contribution in [0.4, 0.5) is 13.6 Å². The molecule has 10 heteroatoms. The molecular formula is C23H33F2N5O3. The average molecular weight is 466 g/mol. The van der Waals surface area contributed by atoms with Crippen LogP contribution in [0.25, 0.3) is 11.0 Å². The molecule has 0 radical (unpaired) electrons. The fraction of sp³-hybridized carbons (Fsp3) is 0.609. The number of halogens is 2. The van der Waals surface area contributed by atoms with E-state index in [1.807, 2.05) is 11.8 Å². The Kier molecular flexibility index (Phi) is 7.88. The number of nitrogens with one attached hydrogen (secondary N) is 2. The van der Waals surface area contributed by atoms with Gasteiger partial charge in [-0.15, -0.1) is 0 Å². The van der Waals surface area contributed by atoms with Crippen molar-refractivity contribution in [3.63, 3.8) is 0 Å². The Balaban J connectivity index is 1.57. The van der Waals surface area contributed by atoms with E-state index in [0.717, 1.165) is 17.4 Å². The lowest BCUT2D eigenvalue weighted by atomic mass is 9.96. The lowest BCUT2D eigenvalue weighted by molar-refractivity contribution is -0.127. The normalized spacial score (nSPS) is 18.3. The number of para-hydroxylation sites is 2. The summed E-state index contributed by atoms with van der Waals surface area (Å²) in [5.41, 5.74) is 0.349. The van der Waals surface area contributed by atoms with Gasteiger partial charge < -0.3 is 15.4 Å². The Morgan fingerprint density at radius 3 is 2.61 bits per heavy atom. The number of rotatable bonds is 7. The van der Waals surface area contributed by atoms with Crippen molar-refractivity contribution in [1.29, 1.82) is 0 Å². The van der Waals surface area contributed by atoms with Crippen LogP contribution in [0.15, 0.2) is 24.3 Å². The molecule has 2 amide bonds. The van der Waals surface area contributed by atoms with Gasteiger partial charge >= 0.3 is 12.6 Å². The number of amides is 2. The molecule has 2 unspecified atom stereocenters. The minimum Gasteiger partial charge on any atom is -0.444 e. The second-order valence-corrected chi connectivity index (χ2v) is 9.34. The standard InChI is InChI=1S/C23H33F2N5O3/c1-15(19-28-17-9-5-6-10-18(17)30(19)21(24)25)29-13-7-8-16(14-29)20(31)26-11-12-27-22(32)33-23(2,3)4/h5-6,9-10,15-16,21H,7-8,11-14H2,1-4H3,(H,26,31)(H,27,32). The number of alkyl carbamates (subject to hydrolysis) is 1. The molecule has 0 bridgehead atoms. The average Bonchev–Trinajstić information content (AvgIpc) is 3.15. The molecule has 0 spiro atoms. The number of aromatic nitrogens is 2. The Hall–Kier alpha value is -2.75. The summed E-state index contributed by atoms with van der Waals surface area (Å²) in [6, 6.07) is 6.50. The van der Waals surface area contributed by atoms with Gasteiger partial charge in [0.05, 0.1) is 23.0 Å². The van der Waals surface area contributed by atoms with Crippen LogP contribution in [-0.2, 0) is 9.53 Å². The zero-order chi connectivity index (χ0) is 24.2. The van der Waals surface area contributed by atoms with Crippen molar-refractivity contribution in [2.75, 3.05) is 26.2 Å². The molecule has 0 saturated carbocycles. The van der Waals surface area contributed by atoms with Crippen LogP contribution in [0.2, 0.25) is 0 Å². The number of carbonyl (C=O) groups is 2. The summed E-state index contributed by atoms with van der Waals surface area (Å²) < 4.78 is 33.8. The molecule has 2 N–H and O–H groups in total. The number of hydrogen-bond donors (Lipinski definition) is 2. The van der Waals surface area contributed by atoms with Crippen molar-refractivity contribution < 1.29 is 23.1 Å². The van der Waals surface area contributed by atoms with Gasteiger partial charge in [0.1, 0.15) is 11.4 Å². The molecule has 182 valence electrons. The highest BCUT2D eigenvalue weighted by Gasteiger charge is 2.32. The largest absolute Gasteiger partial charge is 0.444 e. The monoisotopic (exact) mass is 465 g/mol. The van der Waals surface area contributed by atoms with Gasteiger partial charge in [-0.2, -0.15) is 8.78 Å². The summed E-state index contributed by atoms with van der Waals surface area (Å²) in [5, 5.41) is 5.45. The van der Waals surface area contributed by atoms with Gasteiger partial charge in [0.15, 0.2) is 0 Å². The van der Waals surface area contributed by atoms with Gasteiger partial charge in [0.2, 0.25) is 5.91 Å². The van der Waals surface area contributed by atoms with Gasteiger partial charge in [-0.05, 0) is 59.2 Å². The van der Waals surface area contributed by atoms with Crippen LogP contribution in [0.3, 0.4) is 0 Å². The van der Waals surface area contributed by atoms with E-state index >= 15 is 0 Å². The van der Waals surface area contributed by atoms with Gasteiger partial charge in [0.25, 0.3) is 0 Å². The van der Waals surface area contributed by atoms with E-state index < -0.39 is 18.2 Å². The molecule has 1 aliphatic heterocycles. The number of carbonyl (C=O) groups excluding carboxylic acids is 2. The number of imidazole rings is 1. The molecule has 2 aromatic rings. The second-order valence-electron chi connectivity index (χ2n) is 9.34. The lowest BCUT2D eigenvalue weighted by Crippen LogP contribution is -2.45. The number of fused-ring (bicyclic) bond motifs is 1. The third kappa shape index (κ3) is 6.40. The maximum absolute atomic E-state index is 13.8. The van der Waals surface area contributed by atoms with Crippen LogP contribution in [0.5, 0.6) is 0 Å². The van der Waals surface area contributed by atoms with Crippen LogP contribution in [0, 0.1) is 5.92 Å². The number of likely N-dealkylation sites (tertiary alicyclic amines) is 1. The van der Waals surface area contributed by atoms with E-state index in [1.165, 1.54) is 0 Å². The van der Waals surface area contributed by atoms with Crippen molar-refractivity contribution in [3.05, 3.63) is 30.1 Å². The van der Waals surface area contributed by atoms with E-state index in [4.69, 9.17) is 4.74 Å². The predicted molar refractivity (Wildman–Crippen MR) is 121 cm³/mol. The van der Waals surface area contributed by atoms with Crippen LogP contribution in [0.1, 0.15) is 59.0 Å². The van der Waals surface area contributed by atoms with E-state index in [1.54, 1.807) is 45.0 Å². The molecule has 3 rings (SSSR count). The topological polar surface area (TPSA) is 88.5 Å². The highest BCUT2D eigenvalue weighted by Crippen LogP contribution is 2.31. The highest BCUT2D eigenvalue weighted by atomic mass is 19.3. The lowest BCUT2D eigenvalue weighted by Gasteiger charge is -2.36. The van der Waals surface area contributed by atoms with E-state index in [-0.39, 0.29) is 31.0 Å². The number of benzene rings is 1. The molecule has 2 heterocycles. The fourth-order valence-electron chi connectivity index (χ4n) is 4.11. The van der Waals surface area contributed by atoms with Crippen molar-refractivity contribution in [2.45, 2.75) is 58.7 Å². The summed E-state index contributed by atoms with van der Waals surface area (Å²) in [6.45, 7) is 6.19. The minimum atomic E-state index is -2.70. The minimum absolute atomic E-state index is 0.111. The molecule has 1 saturated heterocycles. The number of hydrogen-bond acceptors (Lipinski definition) is 5. The van der Waals surface area contributed by atoms with Gasteiger partial charge in [-0.25, -0.2) is 9.78 Å². The molecule has 1 aliphatic rings. The first-order valence-electron chi connectivity index (χ1n) is 11.3. The van der Waals surface area contributed by atoms with Crippen LogP contribution < -0.4 is 10.6 Å². The Morgan fingerprint density at radius 2 is 1.91 bits per heavy atom. The van der Waals surface area contributed by atoms with Gasteiger partial charge in [-0.1, -0.05) is 12.1 Å². The van der Waals surface area contributed by atoms with Crippen LogP contribution in [-0.4, -0.2) is 58.2 Å². The summed E-state index contributed by atoms with van der Waals surface area (Å²) in [6.07, 6.45) is 0.976. The molecule has 1 aromatic carbocycles. The molecular weight excluding hydrogens is 432 g/mol. The molecule has 2 atom stereocenters. The zero-order valence-corrected chi connectivity index (χ0v) is 19.6. The summed E-state index contributed by atoms with van der Waals surface area (Å²) in [7, 11) is 0. The SMILES string of the molecule is CC(c1nc2ccccc2n1C(F)F)N1CCCC(C(=O)NCCNC(=O)OC(C)(C)C)C1. The van der Waals surface area contributed by atoms with Crippen molar-refractivity contribution in [1.82, 2.24) is 25.1 Å².